The number of rotatable bonds is 3. The molecule has 70 valence electrons. The molecule has 0 amide bonds. The first-order valence-electron chi connectivity index (χ1n) is 4.65. The molecule has 0 aliphatic carbocycles. The summed E-state index contributed by atoms with van der Waals surface area (Å²) in [6.45, 7) is 2.69. The summed E-state index contributed by atoms with van der Waals surface area (Å²) in [7, 11) is 1.99. The van der Waals surface area contributed by atoms with Crippen LogP contribution in [0.2, 0.25) is 0 Å². The quantitative estimate of drug-likeness (QED) is 0.748. The van der Waals surface area contributed by atoms with Crippen molar-refractivity contribution in [3.8, 4) is 0 Å². The van der Waals surface area contributed by atoms with Crippen molar-refractivity contribution in [2.75, 3.05) is 26.8 Å². The first-order chi connectivity index (χ1) is 6.37. The molecule has 0 aromatic heterocycles. The van der Waals surface area contributed by atoms with E-state index in [-0.39, 0.29) is 5.41 Å². The highest BCUT2D eigenvalue weighted by atomic mass is 16.5. The molecule has 1 saturated heterocycles. The Labute approximate surface area is 78.9 Å². The summed E-state index contributed by atoms with van der Waals surface area (Å²) in [5.41, 5.74) is 1.62. The molecule has 1 aliphatic heterocycles. The molecule has 2 nitrogen and oxygen atoms in total. The molecule has 0 saturated carbocycles. The molecule has 0 bridgehead atoms. The summed E-state index contributed by atoms with van der Waals surface area (Å²) in [5.74, 6) is 0. The number of ether oxygens (including phenoxy) is 1. The summed E-state index contributed by atoms with van der Waals surface area (Å²) in [5, 5.41) is 3.23. The lowest BCUT2D eigenvalue weighted by Crippen LogP contribution is -2.52. The van der Waals surface area contributed by atoms with Crippen molar-refractivity contribution < 1.29 is 4.74 Å². The third kappa shape index (κ3) is 1.47. The van der Waals surface area contributed by atoms with E-state index in [1.54, 1.807) is 0 Å². The number of likely N-dealkylation sites (N-methyl/N-ethyl adjacent to an activating group) is 1. The van der Waals surface area contributed by atoms with Crippen molar-refractivity contribution in [2.45, 2.75) is 5.41 Å². The zero-order chi connectivity index (χ0) is 9.15. The maximum atomic E-state index is 5.31. The minimum Gasteiger partial charge on any atom is -0.379 e. The van der Waals surface area contributed by atoms with Crippen molar-refractivity contribution in [1.29, 1.82) is 0 Å². The molecule has 1 heterocycles. The predicted octanol–water partition coefficient (Wildman–Crippen LogP) is 1.17. The van der Waals surface area contributed by atoms with E-state index in [4.69, 9.17) is 4.74 Å². The largest absolute Gasteiger partial charge is 0.379 e. The Morgan fingerprint density at radius 3 is 2.46 bits per heavy atom. The maximum absolute atomic E-state index is 5.31. The van der Waals surface area contributed by atoms with Gasteiger partial charge in [0.25, 0.3) is 0 Å². The molecular weight excluding hydrogens is 162 g/mol. The molecule has 0 unspecified atom stereocenters. The van der Waals surface area contributed by atoms with Gasteiger partial charge in [-0.2, -0.15) is 0 Å². The van der Waals surface area contributed by atoms with Crippen LogP contribution < -0.4 is 5.32 Å². The van der Waals surface area contributed by atoms with Gasteiger partial charge >= 0.3 is 0 Å². The Bertz CT molecular complexity index is 267. The van der Waals surface area contributed by atoms with Crippen molar-refractivity contribution in [1.82, 2.24) is 5.32 Å². The molecule has 0 atom stereocenters. The van der Waals surface area contributed by atoms with Gasteiger partial charge in [-0.15, -0.1) is 0 Å². The van der Waals surface area contributed by atoms with Gasteiger partial charge in [-0.3, -0.25) is 0 Å². The van der Waals surface area contributed by atoms with E-state index >= 15 is 0 Å². The van der Waals surface area contributed by atoms with Crippen LogP contribution in [0.3, 0.4) is 0 Å². The Morgan fingerprint density at radius 2 is 2.00 bits per heavy atom. The van der Waals surface area contributed by atoms with Gasteiger partial charge in [-0.1, -0.05) is 30.3 Å². The van der Waals surface area contributed by atoms with Gasteiger partial charge in [0.2, 0.25) is 0 Å². The summed E-state index contributed by atoms with van der Waals surface area (Å²) >= 11 is 0. The van der Waals surface area contributed by atoms with Crippen LogP contribution in [0, 0.1) is 0 Å². The Morgan fingerprint density at radius 1 is 1.31 bits per heavy atom. The highest BCUT2D eigenvalue weighted by Crippen LogP contribution is 2.31. The third-order valence-electron chi connectivity index (χ3n) is 2.66. The monoisotopic (exact) mass is 177 g/mol. The normalized spacial score (nSPS) is 19.5. The van der Waals surface area contributed by atoms with Crippen LogP contribution in [-0.4, -0.2) is 26.8 Å². The summed E-state index contributed by atoms with van der Waals surface area (Å²) in [6.07, 6.45) is 0. The zero-order valence-corrected chi connectivity index (χ0v) is 7.92. The summed E-state index contributed by atoms with van der Waals surface area (Å²) in [6, 6.07) is 10.6. The second-order valence-electron chi connectivity index (χ2n) is 3.67. The first-order valence-corrected chi connectivity index (χ1v) is 4.65. The second-order valence-corrected chi connectivity index (χ2v) is 3.67. The van der Waals surface area contributed by atoms with Crippen molar-refractivity contribution in [2.24, 2.45) is 0 Å². The molecule has 0 spiro atoms. The zero-order valence-electron chi connectivity index (χ0n) is 7.92. The highest BCUT2D eigenvalue weighted by Gasteiger charge is 2.39. The maximum Gasteiger partial charge on any atom is 0.0598 e. The van der Waals surface area contributed by atoms with Crippen molar-refractivity contribution >= 4 is 0 Å². The fourth-order valence-corrected chi connectivity index (χ4v) is 1.85. The van der Waals surface area contributed by atoms with Gasteiger partial charge in [0.15, 0.2) is 0 Å². The van der Waals surface area contributed by atoms with Gasteiger partial charge in [0.05, 0.1) is 18.6 Å². The van der Waals surface area contributed by atoms with E-state index in [0.29, 0.717) is 0 Å². The van der Waals surface area contributed by atoms with E-state index < -0.39 is 0 Å². The van der Waals surface area contributed by atoms with E-state index in [2.05, 4.69) is 35.6 Å². The number of nitrogens with one attached hydrogen (secondary N) is 1. The summed E-state index contributed by atoms with van der Waals surface area (Å²) in [4.78, 5) is 0. The van der Waals surface area contributed by atoms with E-state index in [0.717, 1.165) is 19.8 Å². The molecule has 1 aliphatic rings. The SMILES string of the molecule is CNCC1(c2ccccc2)COC1. The van der Waals surface area contributed by atoms with Crippen molar-refractivity contribution in [3.05, 3.63) is 35.9 Å². The molecule has 2 rings (SSSR count). The lowest BCUT2D eigenvalue weighted by molar-refractivity contribution is -0.0582. The molecule has 1 aromatic rings. The molecule has 1 aromatic carbocycles. The second kappa shape index (κ2) is 3.48. The van der Waals surface area contributed by atoms with Crippen molar-refractivity contribution in [3.63, 3.8) is 0 Å². The molecule has 2 heteroatoms. The van der Waals surface area contributed by atoms with Gasteiger partial charge in [0.1, 0.15) is 0 Å². The Hall–Kier alpha value is -0.860. The highest BCUT2D eigenvalue weighted by molar-refractivity contribution is 5.28. The summed E-state index contributed by atoms with van der Waals surface area (Å²) < 4.78 is 5.31. The average Bonchev–Trinajstić information content (AvgIpc) is 2.13. The van der Waals surface area contributed by atoms with Gasteiger partial charge in [-0.25, -0.2) is 0 Å². The minimum absolute atomic E-state index is 0.232. The molecule has 13 heavy (non-hydrogen) atoms. The third-order valence-corrected chi connectivity index (χ3v) is 2.66. The van der Waals surface area contributed by atoms with E-state index in [1.807, 2.05) is 7.05 Å². The fourth-order valence-electron chi connectivity index (χ4n) is 1.85. The van der Waals surface area contributed by atoms with Crippen LogP contribution in [0.15, 0.2) is 30.3 Å². The fraction of sp³-hybridized carbons (Fsp3) is 0.455. The smallest absolute Gasteiger partial charge is 0.0598 e. The van der Waals surface area contributed by atoms with Crippen LogP contribution >= 0.6 is 0 Å². The Kier molecular flexibility index (Phi) is 2.34. The Balaban J connectivity index is 2.22. The average molecular weight is 177 g/mol. The molecule has 1 fully saturated rings. The standard InChI is InChI=1S/C11H15NO/c1-12-7-11(8-13-9-11)10-5-3-2-4-6-10/h2-6,12H,7-9H2,1H3. The van der Waals surface area contributed by atoms with E-state index in [9.17, 15) is 0 Å². The number of hydrogen-bond donors (Lipinski definition) is 1. The molecule has 1 N–H and O–H groups in total. The minimum atomic E-state index is 0.232. The van der Waals surface area contributed by atoms with Crippen LogP contribution in [0.25, 0.3) is 0 Å². The van der Waals surface area contributed by atoms with Crippen LogP contribution in [0.1, 0.15) is 5.56 Å². The van der Waals surface area contributed by atoms with E-state index in [1.165, 1.54) is 5.56 Å². The van der Waals surface area contributed by atoms with Gasteiger partial charge < -0.3 is 10.1 Å². The lowest BCUT2D eigenvalue weighted by atomic mass is 9.78. The van der Waals surface area contributed by atoms with Gasteiger partial charge in [-0.05, 0) is 12.6 Å². The topological polar surface area (TPSA) is 21.3 Å². The van der Waals surface area contributed by atoms with Crippen LogP contribution in [0.5, 0.6) is 0 Å². The lowest BCUT2D eigenvalue weighted by Gasteiger charge is -2.41. The van der Waals surface area contributed by atoms with Crippen LogP contribution in [-0.2, 0) is 10.2 Å². The number of benzene rings is 1. The van der Waals surface area contributed by atoms with Gasteiger partial charge in [0, 0.05) is 6.54 Å². The first kappa shape index (κ1) is 8.73. The molecule has 0 radical (unpaired) electrons. The predicted molar refractivity (Wildman–Crippen MR) is 52.9 cm³/mol. The molecular formula is C11H15NO. The number of hydrogen-bond acceptors (Lipinski definition) is 2. The van der Waals surface area contributed by atoms with Crippen LogP contribution in [0.4, 0.5) is 0 Å².